The minimum atomic E-state index is -3.45. The molecule has 0 unspecified atom stereocenters. The van der Waals surface area contributed by atoms with Gasteiger partial charge in [-0.25, -0.2) is 8.42 Å². The second kappa shape index (κ2) is 9.45. The van der Waals surface area contributed by atoms with E-state index in [1.807, 2.05) is 35.2 Å². The van der Waals surface area contributed by atoms with Crippen molar-refractivity contribution in [3.8, 4) is 0 Å². The molecule has 1 aromatic rings. The third-order valence-electron chi connectivity index (χ3n) is 4.84. The molecule has 8 heteroatoms. The number of benzene rings is 1. The molecule has 0 saturated carbocycles. The summed E-state index contributed by atoms with van der Waals surface area (Å²) >= 11 is 0. The Labute approximate surface area is 161 Å². The van der Waals surface area contributed by atoms with Crippen molar-refractivity contribution in [1.82, 2.24) is 14.5 Å². The third-order valence-corrected chi connectivity index (χ3v) is 6.41. The minimum Gasteiger partial charge on any atom is -0.376 e. The lowest BCUT2D eigenvalue weighted by molar-refractivity contribution is -0.123. The van der Waals surface area contributed by atoms with E-state index < -0.39 is 10.0 Å². The Balaban J connectivity index is 1.42. The van der Waals surface area contributed by atoms with Crippen LogP contribution in [0.15, 0.2) is 35.7 Å². The zero-order chi connectivity index (χ0) is 19.1. The van der Waals surface area contributed by atoms with E-state index in [1.54, 1.807) is 6.08 Å². The average molecular weight is 394 g/mol. The number of hydrogen-bond donors (Lipinski definition) is 1. The van der Waals surface area contributed by atoms with E-state index in [0.717, 1.165) is 25.0 Å². The topological polar surface area (TPSA) is 79.0 Å². The van der Waals surface area contributed by atoms with Gasteiger partial charge < -0.3 is 10.1 Å². The molecule has 2 aliphatic heterocycles. The van der Waals surface area contributed by atoms with Crippen molar-refractivity contribution in [1.29, 1.82) is 0 Å². The van der Waals surface area contributed by atoms with Crippen LogP contribution in [0.4, 0.5) is 0 Å². The van der Waals surface area contributed by atoms with Crippen molar-refractivity contribution in [3.63, 3.8) is 0 Å². The molecule has 2 heterocycles. The molecule has 2 fully saturated rings. The van der Waals surface area contributed by atoms with Gasteiger partial charge in [0.2, 0.25) is 15.9 Å². The Morgan fingerprint density at radius 2 is 1.93 bits per heavy atom. The molecule has 27 heavy (non-hydrogen) atoms. The molecule has 3 rings (SSSR count). The van der Waals surface area contributed by atoms with Crippen molar-refractivity contribution in [2.45, 2.75) is 18.9 Å². The Hall–Kier alpha value is -1.74. The molecule has 1 N–H and O–H groups in total. The number of piperazine rings is 1. The molecule has 1 aromatic carbocycles. The first-order chi connectivity index (χ1) is 13.0. The van der Waals surface area contributed by atoms with Crippen LogP contribution in [0.5, 0.6) is 0 Å². The highest BCUT2D eigenvalue weighted by atomic mass is 32.2. The summed E-state index contributed by atoms with van der Waals surface area (Å²) in [6.07, 6.45) is 3.79. The molecule has 148 valence electrons. The summed E-state index contributed by atoms with van der Waals surface area (Å²) in [7, 11) is -3.45. The van der Waals surface area contributed by atoms with E-state index in [-0.39, 0.29) is 12.0 Å². The number of hydrogen-bond acceptors (Lipinski definition) is 5. The molecule has 0 aliphatic carbocycles. The lowest BCUT2D eigenvalue weighted by Gasteiger charge is -2.32. The van der Waals surface area contributed by atoms with Gasteiger partial charge in [-0.05, 0) is 24.5 Å². The zero-order valence-corrected chi connectivity index (χ0v) is 16.2. The van der Waals surface area contributed by atoms with Gasteiger partial charge in [0.1, 0.15) is 0 Å². The van der Waals surface area contributed by atoms with Gasteiger partial charge in [0.15, 0.2) is 0 Å². The molecule has 2 saturated heterocycles. The summed E-state index contributed by atoms with van der Waals surface area (Å²) in [5.41, 5.74) is 0.850. The van der Waals surface area contributed by atoms with Crippen LogP contribution in [0.2, 0.25) is 0 Å². The third kappa shape index (κ3) is 6.14. The second-order valence-electron chi connectivity index (χ2n) is 6.87. The molecule has 7 nitrogen and oxygen atoms in total. The molecular formula is C19H27N3O4S. The summed E-state index contributed by atoms with van der Waals surface area (Å²) in [6, 6.07) is 9.35. The zero-order valence-electron chi connectivity index (χ0n) is 15.4. The van der Waals surface area contributed by atoms with Gasteiger partial charge >= 0.3 is 0 Å². The molecular weight excluding hydrogens is 366 g/mol. The van der Waals surface area contributed by atoms with Crippen molar-refractivity contribution in [3.05, 3.63) is 41.3 Å². The number of amides is 1. The van der Waals surface area contributed by atoms with Gasteiger partial charge in [0.25, 0.3) is 0 Å². The van der Waals surface area contributed by atoms with E-state index in [9.17, 15) is 13.2 Å². The smallest absolute Gasteiger partial charge is 0.236 e. The maximum atomic E-state index is 12.5. The van der Waals surface area contributed by atoms with Crippen molar-refractivity contribution in [2.75, 3.05) is 45.9 Å². The quantitative estimate of drug-likeness (QED) is 0.745. The van der Waals surface area contributed by atoms with Gasteiger partial charge in [-0.15, -0.1) is 0 Å². The highest BCUT2D eigenvalue weighted by molar-refractivity contribution is 7.92. The first-order valence-corrected chi connectivity index (χ1v) is 10.9. The SMILES string of the molecule is O=C(CN1CCN(S(=O)(=O)/C=C/c2ccccc2)CC1)NC[C@@H]1CCCO1. The second-order valence-corrected chi connectivity index (χ2v) is 8.69. The number of sulfonamides is 1. The summed E-state index contributed by atoms with van der Waals surface area (Å²) in [5, 5.41) is 4.16. The number of rotatable bonds is 7. The average Bonchev–Trinajstić information content (AvgIpc) is 3.20. The summed E-state index contributed by atoms with van der Waals surface area (Å²) in [6.45, 7) is 3.49. The van der Waals surface area contributed by atoms with Crippen LogP contribution >= 0.6 is 0 Å². The molecule has 0 spiro atoms. The van der Waals surface area contributed by atoms with E-state index in [2.05, 4.69) is 5.32 Å². The monoisotopic (exact) mass is 393 g/mol. The normalized spacial score (nSPS) is 22.3. The predicted octanol–water partition coefficient (Wildman–Crippen LogP) is 0.900. The standard InChI is InChI=1S/C19H27N3O4S/c23-19(20-15-18-7-4-13-26-18)16-21-9-11-22(12-10-21)27(24,25)14-8-17-5-2-1-3-6-17/h1-3,5-6,8,14,18H,4,7,9-13,15-16H2,(H,20,23)/b14-8+/t18-/m0/s1. The van der Waals surface area contributed by atoms with E-state index in [4.69, 9.17) is 4.74 Å². The molecule has 1 atom stereocenters. The minimum absolute atomic E-state index is 0.0363. The first-order valence-electron chi connectivity index (χ1n) is 9.37. The predicted molar refractivity (Wildman–Crippen MR) is 104 cm³/mol. The number of carbonyl (C=O) groups is 1. The van der Waals surface area contributed by atoms with E-state index in [1.165, 1.54) is 9.71 Å². The van der Waals surface area contributed by atoms with Gasteiger partial charge in [0, 0.05) is 44.7 Å². The van der Waals surface area contributed by atoms with Crippen molar-refractivity contribution in [2.24, 2.45) is 0 Å². The van der Waals surface area contributed by atoms with Crippen LogP contribution in [0.1, 0.15) is 18.4 Å². The Kier molecular flexibility index (Phi) is 7.01. The Morgan fingerprint density at radius 3 is 2.59 bits per heavy atom. The number of nitrogens with zero attached hydrogens (tertiary/aromatic N) is 2. The lowest BCUT2D eigenvalue weighted by Crippen LogP contribution is -2.51. The van der Waals surface area contributed by atoms with Gasteiger partial charge in [0.05, 0.1) is 12.6 Å². The van der Waals surface area contributed by atoms with Crippen molar-refractivity contribution >= 4 is 22.0 Å². The lowest BCUT2D eigenvalue weighted by atomic mass is 10.2. The first kappa shape index (κ1) is 20.0. The largest absolute Gasteiger partial charge is 0.376 e. The van der Waals surface area contributed by atoms with Gasteiger partial charge in [-0.2, -0.15) is 4.31 Å². The van der Waals surface area contributed by atoms with Gasteiger partial charge in [-0.3, -0.25) is 9.69 Å². The maximum Gasteiger partial charge on any atom is 0.236 e. The van der Waals surface area contributed by atoms with E-state index >= 15 is 0 Å². The fraction of sp³-hybridized carbons (Fsp3) is 0.526. The molecule has 2 aliphatic rings. The van der Waals surface area contributed by atoms with Crippen LogP contribution in [0.3, 0.4) is 0 Å². The fourth-order valence-corrected chi connectivity index (χ4v) is 4.42. The number of carbonyl (C=O) groups excluding carboxylic acids is 1. The van der Waals surface area contributed by atoms with Gasteiger partial charge in [-0.1, -0.05) is 30.3 Å². The summed E-state index contributed by atoms with van der Waals surface area (Å²) in [4.78, 5) is 14.0. The van der Waals surface area contributed by atoms with Crippen LogP contribution in [-0.4, -0.2) is 75.5 Å². The highest BCUT2D eigenvalue weighted by Gasteiger charge is 2.26. The molecule has 0 radical (unpaired) electrons. The number of nitrogens with one attached hydrogen (secondary N) is 1. The van der Waals surface area contributed by atoms with Crippen LogP contribution < -0.4 is 5.32 Å². The van der Waals surface area contributed by atoms with Crippen LogP contribution in [0, 0.1) is 0 Å². The van der Waals surface area contributed by atoms with Crippen molar-refractivity contribution < 1.29 is 17.9 Å². The molecule has 1 amide bonds. The van der Waals surface area contributed by atoms with E-state index in [0.29, 0.717) is 39.3 Å². The Morgan fingerprint density at radius 1 is 1.19 bits per heavy atom. The number of ether oxygens (including phenoxy) is 1. The molecule has 0 aromatic heterocycles. The summed E-state index contributed by atoms with van der Waals surface area (Å²) in [5.74, 6) is -0.0363. The van der Waals surface area contributed by atoms with Crippen LogP contribution in [0.25, 0.3) is 6.08 Å². The fourth-order valence-electron chi connectivity index (χ4n) is 3.25. The van der Waals surface area contributed by atoms with Crippen LogP contribution in [-0.2, 0) is 19.6 Å². The summed E-state index contributed by atoms with van der Waals surface area (Å²) < 4.78 is 31.9. The Bertz CT molecular complexity index is 737. The maximum absolute atomic E-state index is 12.5. The highest BCUT2D eigenvalue weighted by Crippen LogP contribution is 2.12. The molecule has 0 bridgehead atoms.